The van der Waals surface area contributed by atoms with Crippen LogP contribution in [-0.2, 0) is 9.53 Å². The number of nitrogens with one attached hydrogen (secondary N) is 1. The number of ether oxygens (including phenoxy) is 2. The van der Waals surface area contributed by atoms with Crippen LogP contribution in [-0.4, -0.2) is 42.3 Å². The summed E-state index contributed by atoms with van der Waals surface area (Å²) in [6.07, 6.45) is 11.0. The summed E-state index contributed by atoms with van der Waals surface area (Å²) in [5.41, 5.74) is -0.523. The van der Waals surface area contributed by atoms with Crippen molar-refractivity contribution in [1.29, 1.82) is 0 Å². The second kappa shape index (κ2) is 7.69. The van der Waals surface area contributed by atoms with Crippen LogP contribution >= 0.6 is 0 Å². The monoisotopic (exact) mass is 457 g/mol. The SMILES string of the molecule is O=C(NC1(C(=O)O)COC1)c1cc(C2CC2)c(OCC23CCC4CCC(CC4C2)C3)cc1F. The maximum Gasteiger partial charge on any atom is 0.334 e. The van der Waals surface area contributed by atoms with Crippen molar-refractivity contribution in [2.24, 2.45) is 23.2 Å². The second-order valence-electron chi connectivity index (χ2n) is 11.4. The number of rotatable bonds is 7. The average molecular weight is 458 g/mol. The maximum absolute atomic E-state index is 15.1. The predicted molar refractivity (Wildman–Crippen MR) is 118 cm³/mol. The number of aliphatic carboxylic acids is 1. The maximum atomic E-state index is 15.1. The van der Waals surface area contributed by atoms with Gasteiger partial charge in [0.2, 0.25) is 0 Å². The summed E-state index contributed by atoms with van der Waals surface area (Å²) in [6, 6.07) is 2.93. The Balaban J connectivity index is 1.21. The van der Waals surface area contributed by atoms with E-state index in [1.165, 1.54) is 51.0 Å². The highest BCUT2D eigenvalue weighted by Crippen LogP contribution is 2.58. The lowest BCUT2D eigenvalue weighted by atomic mass is 9.52. The molecule has 5 aliphatic rings. The summed E-state index contributed by atoms with van der Waals surface area (Å²) < 4.78 is 26.4. The Morgan fingerprint density at radius 2 is 1.94 bits per heavy atom. The fourth-order valence-corrected chi connectivity index (χ4v) is 7.03. The molecule has 1 heterocycles. The molecule has 33 heavy (non-hydrogen) atoms. The summed E-state index contributed by atoms with van der Waals surface area (Å²) in [6.45, 7) is 0.394. The molecule has 3 bridgehead atoms. The third-order valence-electron chi connectivity index (χ3n) is 9.07. The molecule has 0 radical (unpaired) electrons. The molecule has 178 valence electrons. The van der Waals surface area contributed by atoms with Crippen molar-refractivity contribution < 1.29 is 28.6 Å². The van der Waals surface area contributed by atoms with Crippen molar-refractivity contribution in [2.75, 3.05) is 19.8 Å². The van der Waals surface area contributed by atoms with Crippen molar-refractivity contribution in [3.63, 3.8) is 0 Å². The number of fused-ring (bicyclic) bond motifs is 2. The molecule has 1 aliphatic heterocycles. The Morgan fingerprint density at radius 3 is 2.64 bits per heavy atom. The van der Waals surface area contributed by atoms with Gasteiger partial charge in [-0.2, -0.15) is 0 Å². The number of hydrogen-bond donors (Lipinski definition) is 2. The van der Waals surface area contributed by atoms with E-state index in [-0.39, 0.29) is 30.1 Å². The van der Waals surface area contributed by atoms with Crippen LogP contribution < -0.4 is 10.1 Å². The minimum Gasteiger partial charge on any atom is -0.493 e. The summed E-state index contributed by atoms with van der Waals surface area (Å²) in [7, 11) is 0. The third-order valence-corrected chi connectivity index (χ3v) is 9.07. The second-order valence-corrected chi connectivity index (χ2v) is 11.4. The van der Waals surface area contributed by atoms with Gasteiger partial charge in [0.15, 0.2) is 5.54 Å². The van der Waals surface area contributed by atoms with Crippen LogP contribution in [0.5, 0.6) is 5.75 Å². The molecule has 4 aliphatic carbocycles. The van der Waals surface area contributed by atoms with Gasteiger partial charge in [-0.3, -0.25) is 4.79 Å². The van der Waals surface area contributed by atoms with E-state index in [2.05, 4.69) is 5.32 Å². The first kappa shape index (κ1) is 21.4. The van der Waals surface area contributed by atoms with E-state index < -0.39 is 23.2 Å². The molecule has 1 aromatic carbocycles. The molecular weight excluding hydrogens is 425 g/mol. The average Bonchev–Trinajstić information content (AvgIpc) is 3.58. The van der Waals surface area contributed by atoms with Crippen LogP contribution in [0.4, 0.5) is 4.39 Å². The minimum absolute atomic E-state index is 0.114. The minimum atomic E-state index is -1.48. The molecule has 6 nitrogen and oxygen atoms in total. The first-order valence-corrected chi connectivity index (χ1v) is 12.5. The number of carbonyl (C=O) groups excluding carboxylic acids is 1. The lowest BCUT2D eigenvalue weighted by Gasteiger charge is -2.54. The van der Waals surface area contributed by atoms with E-state index in [9.17, 15) is 14.7 Å². The van der Waals surface area contributed by atoms with Gasteiger partial charge in [-0.25, -0.2) is 9.18 Å². The topological polar surface area (TPSA) is 84.9 Å². The summed E-state index contributed by atoms with van der Waals surface area (Å²) in [5.74, 6) is 0.797. The first-order chi connectivity index (χ1) is 15.9. The number of benzene rings is 1. The fraction of sp³-hybridized carbons (Fsp3) is 0.692. The summed E-state index contributed by atoms with van der Waals surface area (Å²) in [4.78, 5) is 24.3. The number of carboxylic acids is 1. The zero-order chi connectivity index (χ0) is 22.8. The van der Waals surface area contributed by atoms with Crippen LogP contribution in [0.25, 0.3) is 0 Å². The van der Waals surface area contributed by atoms with E-state index in [1.807, 2.05) is 0 Å². The zero-order valence-corrected chi connectivity index (χ0v) is 18.9. The molecule has 5 fully saturated rings. The Bertz CT molecular complexity index is 983. The molecule has 2 N–H and O–H groups in total. The number of halogens is 1. The zero-order valence-electron chi connectivity index (χ0n) is 18.9. The van der Waals surface area contributed by atoms with Crippen molar-refractivity contribution >= 4 is 11.9 Å². The molecule has 7 heteroatoms. The van der Waals surface area contributed by atoms with Gasteiger partial charge in [-0.05, 0) is 86.7 Å². The number of carboxylic acid groups (broad SMARTS) is 1. The van der Waals surface area contributed by atoms with Crippen molar-refractivity contribution in [3.05, 3.63) is 29.1 Å². The highest BCUT2D eigenvalue weighted by molar-refractivity contribution is 5.98. The van der Waals surface area contributed by atoms with E-state index >= 15 is 4.39 Å². The molecule has 1 amide bonds. The summed E-state index contributed by atoms with van der Waals surface area (Å²) >= 11 is 0. The molecule has 0 spiro atoms. The normalized spacial score (nSPS) is 33.8. The van der Waals surface area contributed by atoms with E-state index in [4.69, 9.17) is 9.47 Å². The largest absolute Gasteiger partial charge is 0.493 e. The fourth-order valence-electron chi connectivity index (χ4n) is 7.03. The third kappa shape index (κ3) is 3.72. The van der Waals surface area contributed by atoms with Gasteiger partial charge in [0, 0.05) is 11.5 Å². The lowest BCUT2D eigenvalue weighted by molar-refractivity contribution is -0.164. The first-order valence-electron chi connectivity index (χ1n) is 12.5. The smallest absolute Gasteiger partial charge is 0.334 e. The Labute approximate surface area is 193 Å². The van der Waals surface area contributed by atoms with Gasteiger partial charge in [0.1, 0.15) is 11.6 Å². The molecule has 6 rings (SSSR count). The van der Waals surface area contributed by atoms with Gasteiger partial charge in [0.05, 0.1) is 25.4 Å². The van der Waals surface area contributed by atoms with Gasteiger partial charge >= 0.3 is 5.97 Å². The molecule has 0 aromatic heterocycles. The highest BCUT2D eigenvalue weighted by atomic mass is 19.1. The molecule has 4 unspecified atom stereocenters. The van der Waals surface area contributed by atoms with Crippen molar-refractivity contribution in [1.82, 2.24) is 5.32 Å². The molecule has 1 aromatic rings. The van der Waals surface area contributed by atoms with E-state index in [0.717, 1.165) is 36.2 Å². The Hall–Kier alpha value is -2.15. The Morgan fingerprint density at radius 1 is 1.12 bits per heavy atom. The van der Waals surface area contributed by atoms with Crippen LogP contribution in [0.3, 0.4) is 0 Å². The van der Waals surface area contributed by atoms with Crippen LogP contribution in [0.15, 0.2) is 12.1 Å². The van der Waals surface area contributed by atoms with Crippen molar-refractivity contribution in [2.45, 2.75) is 69.2 Å². The van der Waals surface area contributed by atoms with Crippen molar-refractivity contribution in [3.8, 4) is 5.75 Å². The van der Waals surface area contributed by atoms with Crippen LogP contribution in [0, 0.1) is 29.0 Å². The van der Waals surface area contributed by atoms with Crippen LogP contribution in [0.2, 0.25) is 0 Å². The van der Waals surface area contributed by atoms with E-state index in [0.29, 0.717) is 12.4 Å². The summed E-state index contributed by atoms with van der Waals surface area (Å²) in [5, 5.41) is 11.9. The molecule has 4 atom stereocenters. The standard InChI is InChI=1S/C26H32FNO5/c27-21-9-22(33-12-25-6-5-16-2-1-15(10-25)7-18(16)11-25)19(17-3-4-17)8-20(21)23(29)28-26(24(30)31)13-32-14-26/h8-9,15-18H,1-7,10-14H2,(H,28,29)(H,30,31). The quantitative estimate of drug-likeness (QED) is 0.639. The van der Waals surface area contributed by atoms with Gasteiger partial charge in [0.25, 0.3) is 5.91 Å². The predicted octanol–water partition coefficient (Wildman–Crippen LogP) is 4.27. The Kier molecular flexibility index (Phi) is 4.98. The van der Waals surface area contributed by atoms with E-state index in [1.54, 1.807) is 6.07 Å². The molecule has 4 saturated carbocycles. The van der Waals surface area contributed by atoms with Crippen LogP contribution in [0.1, 0.15) is 79.6 Å². The lowest BCUT2D eigenvalue weighted by Crippen LogP contribution is -2.67. The number of hydrogen-bond acceptors (Lipinski definition) is 4. The van der Waals surface area contributed by atoms with Gasteiger partial charge in [-0.15, -0.1) is 0 Å². The highest BCUT2D eigenvalue weighted by Gasteiger charge is 2.50. The van der Waals surface area contributed by atoms with Gasteiger partial charge < -0.3 is 19.9 Å². The van der Waals surface area contributed by atoms with Gasteiger partial charge in [-0.1, -0.05) is 6.42 Å². The molecule has 1 saturated heterocycles. The number of amides is 1. The molecular formula is C26H32FNO5. The number of carbonyl (C=O) groups is 2.